The van der Waals surface area contributed by atoms with E-state index in [1.165, 1.54) is 12.0 Å². The van der Waals surface area contributed by atoms with Crippen LogP contribution in [-0.2, 0) is 11.2 Å². The number of nitrogens with zero attached hydrogens (tertiary/aromatic N) is 2. The van der Waals surface area contributed by atoms with Crippen molar-refractivity contribution in [3.63, 3.8) is 0 Å². The van der Waals surface area contributed by atoms with Crippen molar-refractivity contribution in [2.75, 3.05) is 19.6 Å². The van der Waals surface area contributed by atoms with Crippen molar-refractivity contribution in [3.8, 4) is 0 Å². The number of aromatic nitrogens is 1. The number of carbonyl (C=O) groups excluding carboxylic acids is 1. The van der Waals surface area contributed by atoms with Crippen LogP contribution < -0.4 is 5.32 Å². The number of amides is 1. The molecule has 2 atom stereocenters. The Labute approximate surface area is 167 Å². The first-order chi connectivity index (χ1) is 12.7. The lowest BCUT2D eigenvalue weighted by Gasteiger charge is -2.42. The zero-order valence-electron chi connectivity index (χ0n) is 16.9. The highest BCUT2D eigenvalue weighted by molar-refractivity contribution is 6.29. The molecule has 0 unspecified atom stereocenters. The zero-order chi connectivity index (χ0) is 19.7. The van der Waals surface area contributed by atoms with Crippen LogP contribution in [0.25, 0.3) is 0 Å². The Bertz CT molecular complexity index is 648. The summed E-state index contributed by atoms with van der Waals surface area (Å²) in [7, 11) is 0. The Hall–Kier alpha value is -1.33. The van der Waals surface area contributed by atoms with E-state index in [1.807, 2.05) is 37.9 Å². The molecule has 150 valence electrons. The van der Waals surface area contributed by atoms with E-state index >= 15 is 0 Å². The van der Waals surface area contributed by atoms with Gasteiger partial charge in [0.25, 0.3) is 0 Å². The smallest absolute Gasteiger partial charge is 0.410 e. The molecule has 27 heavy (non-hydrogen) atoms. The van der Waals surface area contributed by atoms with Gasteiger partial charge in [-0.05, 0) is 69.4 Å². The third-order valence-electron chi connectivity index (χ3n) is 5.69. The van der Waals surface area contributed by atoms with Gasteiger partial charge in [-0.25, -0.2) is 9.78 Å². The number of hydrogen-bond acceptors (Lipinski definition) is 4. The van der Waals surface area contributed by atoms with Crippen LogP contribution >= 0.6 is 11.6 Å². The number of likely N-dealkylation sites (tertiary alicyclic amines) is 1. The quantitative estimate of drug-likeness (QED) is 0.758. The minimum absolute atomic E-state index is 0.135. The van der Waals surface area contributed by atoms with Crippen LogP contribution in [0.15, 0.2) is 18.3 Å². The fourth-order valence-electron chi connectivity index (χ4n) is 3.80. The molecule has 1 saturated carbocycles. The number of halogens is 1. The topological polar surface area (TPSA) is 54.5 Å². The standard InChI is InChI=1S/C21H32ClN3O2/c1-15-11-17(15)24-14-21(12-16-5-6-18(22)23-13-16)7-9-25(10-8-21)19(26)27-20(2,3)4/h5-6,13,15,17,24H,7-12,14H2,1-4H3/t15-,17-/m1/s1. The van der Waals surface area contributed by atoms with Gasteiger partial charge in [0.2, 0.25) is 0 Å². The maximum Gasteiger partial charge on any atom is 0.410 e. The van der Waals surface area contributed by atoms with Crippen molar-refractivity contribution in [2.24, 2.45) is 11.3 Å². The summed E-state index contributed by atoms with van der Waals surface area (Å²) in [6.45, 7) is 10.5. The summed E-state index contributed by atoms with van der Waals surface area (Å²) >= 11 is 5.94. The van der Waals surface area contributed by atoms with Crippen LogP contribution in [0.1, 0.15) is 52.5 Å². The SMILES string of the molecule is C[C@@H]1C[C@H]1NCC1(Cc2ccc(Cl)nc2)CCN(C(=O)OC(C)(C)C)CC1. The minimum atomic E-state index is -0.454. The van der Waals surface area contributed by atoms with Gasteiger partial charge in [0.1, 0.15) is 10.8 Å². The maximum atomic E-state index is 12.4. The number of hydrogen-bond donors (Lipinski definition) is 1. The molecule has 0 bridgehead atoms. The molecule has 0 aromatic carbocycles. The van der Waals surface area contributed by atoms with E-state index in [9.17, 15) is 4.79 Å². The number of nitrogens with one attached hydrogen (secondary N) is 1. The summed E-state index contributed by atoms with van der Waals surface area (Å²) in [5, 5.41) is 4.28. The lowest BCUT2D eigenvalue weighted by molar-refractivity contribution is 0.00989. The van der Waals surface area contributed by atoms with Crippen molar-refractivity contribution >= 4 is 17.7 Å². The summed E-state index contributed by atoms with van der Waals surface area (Å²) in [6.07, 6.45) is 5.82. The molecule has 1 saturated heterocycles. The number of pyridine rings is 1. The number of rotatable bonds is 5. The number of piperidine rings is 1. The van der Waals surface area contributed by atoms with Gasteiger partial charge in [-0.15, -0.1) is 0 Å². The second kappa shape index (κ2) is 7.96. The molecule has 0 radical (unpaired) electrons. The first-order valence-corrected chi connectivity index (χ1v) is 10.4. The molecule has 6 heteroatoms. The summed E-state index contributed by atoms with van der Waals surface area (Å²) < 4.78 is 5.55. The predicted octanol–water partition coefficient (Wildman–Crippen LogP) is 4.29. The van der Waals surface area contributed by atoms with E-state index in [0.29, 0.717) is 11.2 Å². The number of carbonyl (C=O) groups is 1. The van der Waals surface area contributed by atoms with Gasteiger partial charge < -0.3 is 15.0 Å². The fourth-order valence-corrected chi connectivity index (χ4v) is 3.92. The van der Waals surface area contributed by atoms with Crippen molar-refractivity contribution in [1.29, 1.82) is 0 Å². The average Bonchev–Trinajstić information content (AvgIpc) is 3.30. The molecule has 2 heterocycles. The van der Waals surface area contributed by atoms with E-state index in [1.54, 1.807) is 0 Å². The third kappa shape index (κ3) is 5.82. The zero-order valence-corrected chi connectivity index (χ0v) is 17.7. The Kier molecular flexibility index (Phi) is 6.02. The Balaban J connectivity index is 1.64. The van der Waals surface area contributed by atoms with Crippen molar-refractivity contribution in [1.82, 2.24) is 15.2 Å². The summed E-state index contributed by atoms with van der Waals surface area (Å²) in [5.74, 6) is 0.779. The minimum Gasteiger partial charge on any atom is -0.444 e. The van der Waals surface area contributed by atoms with E-state index < -0.39 is 5.60 Å². The molecule has 5 nitrogen and oxygen atoms in total. The first kappa shape index (κ1) is 20.4. The van der Waals surface area contributed by atoms with Gasteiger partial charge in [-0.3, -0.25) is 0 Å². The predicted molar refractivity (Wildman–Crippen MR) is 108 cm³/mol. The molecule has 2 aliphatic rings. The average molecular weight is 394 g/mol. The van der Waals surface area contributed by atoms with Crippen LogP contribution in [0.3, 0.4) is 0 Å². The highest BCUT2D eigenvalue weighted by Gasteiger charge is 2.40. The van der Waals surface area contributed by atoms with Crippen LogP contribution in [0.4, 0.5) is 4.79 Å². The van der Waals surface area contributed by atoms with E-state index in [-0.39, 0.29) is 11.5 Å². The van der Waals surface area contributed by atoms with Crippen molar-refractivity contribution in [2.45, 2.75) is 65.0 Å². The fraction of sp³-hybridized carbons (Fsp3) is 0.714. The van der Waals surface area contributed by atoms with Crippen LogP contribution in [0, 0.1) is 11.3 Å². The van der Waals surface area contributed by atoms with E-state index in [0.717, 1.165) is 44.8 Å². The Morgan fingerprint density at radius 3 is 2.56 bits per heavy atom. The number of ether oxygens (including phenoxy) is 1. The van der Waals surface area contributed by atoms with E-state index in [4.69, 9.17) is 16.3 Å². The third-order valence-corrected chi connectivity index (χ3v) is 5.92. The molecule has 1 aromatic heterocycles. The van der Waals surface area contributed by atoms with Gasteiger partial charge in [0, 0.05) is 31.9 Å². The molecule has 2 fully saturated rings. The molecule has 3 rings (SSSR count). The lowest BCUT2D eigenvalue weighted by atomic mass is 9.74. The largest absolute Gasteiger partial charge is 0.444 e. The van der Waals surface area contributed by atoms with Gasteiger partial charge in [-0.1, -0.05) is 24.6 Å². The molecule has 1 N–H and O–H groups in total. The van der Waals surface area contributed by atoms with Crippen molar-refractivity contribution < 1.29 is 9.53 Å². The highest BCUT2D eigenvalue weighted by atomic mass is 35.5. The normalized spacial score (nSPS) is 24.6. The monoisotopic (exact) mass is 393 g/mol. The molecule has 1 aliphatic heterocycles. The molecular formula is C21H32ClN3O2. The van der Waals surface area contributed by atoms with Gasteiger partial charge in [0.05, 0.1) is 0 Å². The lowest BCUT2D eigenvalue weighted by Crippen LogP contribution is -2.49. The molecular weight excluding hydrogens is 362 g/mol. The molecule has 1 aliphatic carbocycles. The molecule has 1 amide bonds. The van der Waals surface area contributed by atoms with Crippen LogP contribution in [0.5, 0.6) is 0 Å². The summed E-state index contributed by atoms with van der Waals surface area (Å²) in [4.78, 5) is 18.5. The molecule has 0 spiro atoms. The van der Waals surface area contributed by atoms with Gasteiger partial charge >= 0.3 is 6.09 Å². The van der Waals surface area contributed by atoms with Gasteiger partial charge in [-0.2, -0.15) is 0 Å². The summed E-state index contributed by atoms with van der Waals surface area (Å²) in [6, 6.07) is 4.57. The summed E-state index contributed by atoms with van der Waals surface area (Å²) in [5.41, 5.74) is 0.886. The highest BCUT2D eigenvalue weighted by Crippen LogP contribution is 2.37. The Morgan fingerprint density at radius 2 is 2.04 bits per heavy atom. The van der Waals surface area contributed by atoms with Crippen LogP contribution in [-0.4, -0.2) is 47.3 Å². The van der Waals surface area contributed by atoms with Crippen LogP contribution in [0.2, 0.25) is 5.15 Å². The first-order valence-electron chi connectivity index (χ1n) is 9.98. The van der Waals surface area contributed by atoms with E-state index in [2.05, 4.69) is 23.3 Å². The Morgan fingerprint density at radius 1 is 1.37 bits per heavy atom. The van der Waals surface area contributed by atoms with Gasteiger partial charge in [0.15, 0.2) is 0 Å². The molecule has 1 aromatic rings. The maximum absolute atomic E-state index is 12.4. The second-order valence-electron chi connectivity index (χ2n) is 9.33. The second-order valence-corrected chi connectivity index (χ2v) is 9.72. The van der Waals surface area contributed by atoms with Crippen molar-refractivity contribution in [3.05, 3.63) is 29.0 Å².